The number of allylic oxidation sites excluding steroid dienone is 1. The van der Waals surface area contributed by atoms with Gasteiger partial charge in [-0.05, 0) is 96.9 Å². The van der Waals surface area contributed by atoms with Crippen LogP contribution in [0.5, 0.6) is 0 Å². The molecule has 1 aliphatic heterocycles. The number of hydrogen-bond acceptors (Lipinski definition) is 4. The maximum absolute atomic E-state index is 13.6. The van der Waals surface area contributed by atoms with Gasteiger partial charge in [0.15, 0.2) is 18.2 Å². The second-order valence-electron chi connectivity index (χ2n) is 15.9. The summed E-state index contributed by atoms with van der Waals surface area (Å²) in [6, 6.07) is 0. The molecule has 0 radical (unpaired) electrons. The largest absolute Gasteiger partial charge is 0.414 e. The molecule has 0 aromatic carbocycles. The lowest BCUT2D eigenvalue weighted by molar-refractivity contribution is 0.0916. The molecule has 4 nitrogen and oxygen atoms in total. The van der Waals surface area contributed by atoms with Gasteiger partial charge >= 0.3 is 0 Å². The molecule has 4 aliphatic rings. The molecule has 2 fully saturated rings. The van der Waals surface area contributed by atoms with E-state index in [-0.39, 0.29) is 22.3 Å². The first-order valence-electron chi connectivity index (χ1n) is 16.0. The summed E-state index contributed by atoms with van der Waals surface area (Å²) in [6.07, 6.45) is 12.4. The maximum Gasteiger partial charge on any atom is 0.192 e. The lowest BCUT2D eigenvalue weighted by Crippen LogP contribution is -2.46. The quantitative estimate of drug-likeness (QED) is 0.233. The molecule has 224 valence electrons. The van der Waals surface area contributed by atoms with Crippen molar-refractivity contribution in [1.29, 1.82) is 0 Å². The van der Waals surface area contributed by atoms with Gasteiger partial charge in [-0.25, -0.2) is 8.42 Å². The molecule has 0 aromatic rings. The summed E-state index contributed by atoms with van der Waals surface area (Å²) < 4.78 is 33.9. The van der Waals surface area contributed by atoms with Crippen molar-refractivity contribution in [3.05, 3.63) is 22.8 Å². The molecule has 1 heterocycles. The number of rotatable bonds is 8. The van der Waals surface area contributed by atoms with Crippen LogP contribution in [0.2, 0.25) is 18.1 Å². The third kappa shape index (κ3) is 6.34. The normalized spacial score (nSPS) is 36.9. The van der Waals surface area contributed by atoms with Crippen molar-refractivity contribution in [2.45, 2.75) is 148 Å². The highest BCUT2D eigenvalue weighted by molar-refractivity contribution is 7.92. The van der Waals surface area contributed by atoms with Gasteiger partial charge in [-0.15, -0.1) is 0 Å². The molecule has 4 rings (SSSR count). The summed E-state index contributed by atoms with van der Waals surface area (Å²) in [5, 5.41) is 10.6. The van der Waals surface area contributed by atoms with Crippen molar-refractivity contribution in [3.63, 3.8) is 0 Å². The average Bonchev–Trinajstić information content (AvgIpc) is 3.27. The maximum atomic E-state index is 13.6. The Morgan fingerprint density at radius 2 is 1.82 bits per heavy atom. The van der Waals surface area contributed by atoms with E-state index in [1.807, 2.05) is 0 Å². The molecule has 0 saturated heterocycles. The third-order valence-corrected chi connectivity index (χ3v) is 18.1. The van der Waals surface area contributed by atoms with Crippen LogP contribution in [0.3, 0.4) is 0 Å². The smallest absolute Gasteiger partial charge is 0.192 e. The van der Waals surface area contributed by atoms with Crippen molar-refractivity contribution in [3.8, 4) is 0 Å². The molecule has 2 saturated carbocycles. The minimum Gasteiger partial charge on any atom is -0.414 e. The molecule has 7 atom stereocenters. The van der Waals surface area contributed by atoms with Gasteiger partial charge in [-0.2, -0.15) is 0 Å². The monoisotopic (exact) mass is 578 g/mol. The van der Waals surface area contributed by atoms with Crippen molar-refractivity contribution < 1.29 is 18.0 Å². The van der Waals surface area contributed by atoms with Crippen molar-refractivity contribution in [1.82, 2.24) is 0 Å². The number of sulfone groups is 1. The molecule has 0 bridgehead atoms. The van der Waals surface area contributed by atoms with E-state index in [1.54, 1.807) is 0 Å². The van der Waals surface area contributed by atoms with Gasteiger partial charge in [0.2, 0.25) is 0 Å². The van der Waals surface area contributed by atoms with Crippen molar-refractivity contribution in [2.24, 2.45) is 29.1 Å². The van der Waals surface area contributed by atoms with Crippen LogP contribution in [0.1, 0.15) is 113 Å². The zero-order valence-electron chi connectivity index (χ0n) is 26.5. The van der Waals surface area contributed by atoms with Crippen LogP contribution in [0.15, 0.2) is 22.8 Å². The summed E-state index contributed by atoms with van der Waals surface area (Å²) in [4.78, 5) is 0. The van der Waals surface area contributed by atoms with Crippen molar-refractivity contribution in [2.75, 3.05) is 5.75 Å². The molecular weight excluding hydrogens is 521 g/mol. The van der Waals surface area contributed by atoms with Gasteiger partial charge in [-0.3, -0.25) is 0 Å². The summed E-state index contributed by atoms with van der Waals surface area (Å²) in [7, 11) is -5.38. The minimum atomic E-state index is -3.35. The summed E-state index contributed by atoms with van der Waals surface area (Å²) >= 11 is 0. The topological polar surface area (TPSA) is 63.6 Å². The molecule has 6 heteroatoms. The second kappa shape index (κ2) is 11.3. The highest BCUT2D eigenvalue weighted by Crippen LogP contribution is 2.60. The Balaban J connectivity index is 1.56. The second-order valence-corrected chi connectivity index (χ2v) is 22.8. The lowest BCUT2D eigenvalue weighted by atomic mass is 9.60. The number of hydrogen-bond donors (Lipinski definition) is 1. The van der Waals surface area contributed by atoms with E-state index in [0.717, 1.165) is 41.7 Å². The van der Waals surface area contributed by atoms with Crippen LogP contribution in [0, 0.1) is 29.1 Å². The zero-order chi connectivity index (χ0) is 29.0. The number of aliphatic hydroxyl groups excluding tert-OH is 1. The Hall–Kier alpha value is -0.433. The number of fused-ring (bicyclic) bond motifs is 1. The zero-order valence-corrected chi connectivity index (χ0v) is 28.3. The van der Waals surface area contributed by atoms with Crippen LogP contribution < -0.4 is 0 Å². The van der Waals surface area contributed by atoms with Crippen LogP contribution >= 0.6 is 0 Å². The highest BCUT2D eigenvalue weighted by atomic mass is 32.2. The molecule has 0 aromatic heterocycles. The molecular formula is C33H58O4SSi. The molecule has 3 aliphatic carbocycles. The highest BCUT2D eigenvalue weighted by Gasteiger charge is 2.52. The van der Waals surface area contributed by atoms with E-state index in [9.17, 15) is 13.5 Å². The Morgan fingerprint density at radius 3 is 2.46 bits per heavy atom. The van der Waals surface area contributed by atoms with Gasteiger partial charge < -0.3 is 9.53 Å². The molecule has 39 heavy (non-hydrogen) atoms. The van der Waals surface area contributed by atoms with Gasteiger partial charge in [-0.1, -0.05) is 79.4 Å². The molecule has 0 spiro atoms. The van der Waals surface area contributed by atoms with Gasteiger partial charge in [0.25, 0.3) is 0 Å². The summed E-state index contributed by atoms with van der Waals surface area (Å²) in [6.45, 7) is 20.8. The van der Waals surface area contributed by atoms with Crippen LogP contribution in [0.25, 0.3) is 0 Å². The first-order chi connectivity index (χ1) is 18.0. The fraction of sp³-hybridized carbons (Fsp3) is 0.879. The molecule has 0 amide bonds. The van der Waals surface area contributed by atoms with Gasteiger partial charge in [0.05, 0.1) is 18.0 Å². The molecule has 0 unspecified atom stereocenters. The van der Waals surface area contributed by atoms with E-state index in [4.69, 9.17) is 4.43 Å². The van der Waals surface area contributed by atoms with Crippen LogP contribution in [0.4, 0.5) is 0 Å². The lowest BCUT2D eigenvalue weighted by Gasteiger charge is -2.45. The van der Waals surface area contributed by atoms with E-state index >= 15 is 0 Å². The van der Waals surface area contributed by atoms with Crippen LogP contribution in [-0.4, -0.2) is 45.1 Å². The van der Waals surface area contributed by atoms with E-state index in [0.29, 0.717) is 18.8 Å². The predicted molar refractivity (Wildman–Crippen MR) is 166 cm³/mol. The average molecular weight is 579 g/mol. The Labute approximate surface area is 241 Å². The Morgan fingerprint density at radius 1 is 1.13 bits per heavy atom. The Kier molecular flexibility index (Phi) is 9.16. The van der Waals surface area contributed by atoms with Crippen LogP contribution in [-0.2, 0) is 14.3 Å². The first kappa shape index (κ1) is 31.5. The standard InChI is InChI=1S/C33H58O4SSi/c1-22(2)12-10-13-23(3)28-15-16-29-24(14-11-17-33(28,29)7)18-31-26-19-25(37-39(8,9)32(4,5)6)20-30(34)27(26)21-38(31,35)36/h18,22-23,25,28-31,34H,10-17,19-21H2,1-9H3/b24-18+/t23-,25-,28-,29+,30+,31+,33-/m1/s1. The van der Waals surface area contributed by atoms with E-state index < -0.39 is 29.5 Å². The van der Waals surface area contributed by atoms with E-state index in [1.165, 1.54) is 44.1 Å². The Bertz CT molecular complexity index is 1070. The third-order valence-electron chi connectivity index (χ3n) is 11.6. The SMILES string of the molecule is CC(C)CCC[C@@H](C)[C@H]1CC[C@H]2/C(=C/[C@H]3C4=C(CS3(=O)=O)[C@@H](O)C[C@H](O[Si](C)(C)C(C)(C)C)C4)CCC[C@]12C. The first-order valence-corrected chi connectivity index (χ1v) is 20.6. The van der Waals surface area contributed by atoms with Gasteiger partial charge in [0, 0.05) is 6.42 Å². The summed E-state index contributed by atoms with van der Waals surface area (Å²) in [5.74, 6) is 2.74. The number of aliphatic hydroxyl groups is 1. The fourth-order valence-electron chi connectivity index (χ4n) is 8.42. The van der Waals surface area contributed by atoms with Crippen molar-refractivity contribution >= 4 is 18.2 Å². The van der Waals surface area contributed by atoms with E-state index in [2.05, 4.69) is 67.6 Å². The minimum absolute atomic E-state index is 0.0161. The summed E-state index contributed by atoms with van der Waals surface area (Å²) in [5.41, 5.74) is 3.40. The fourth-order valence-corrected chi connectivity index (χ4v) is 11.8. The predicted octanol–water partition coefficient (Wildman–Crippen LogP) is 8.23. The van der Waals surface area contributed by atoms with Gasteiger partial charge in [0.1, 0.15) is 5.25 Å². The molecule has 1 N–H and O–H groups in total.